The maximum Gasteiger partial charge on any atom is 0.243 e. The van der Waals surface area contributed by atoms with E-state index >= 15 is 0 Å². The minimum Gasteiger partial charge on any atom is -0.348 e. The van der Waals surface area contributed by atoms with Gasteiger partial charge in [-0.05, 0) is 61.7 Å². The Kier molecular flexibility index (Phi) is 7.80. The maximum atomic E-state index is 13.1. The minimum atomic E-state index is -3.68. The Morgan fingerprint density at radius 1 is 1.03 bits per heavy atom. The van der Waals surface area contributed by atoms with Crippen molar-refractivity contribution in [1.29, 1.82) is 0 Å². The van der Waals surface area contributed by atoms with Gasteiger partial charge in [0.25, 0.3) is 0 Å². The third kappa shape index (κ3) is 6.12. The van der Waals surface area contributed by atoms with Crippen molar-refractivity contribution in [3.8, 4) is 0 Å². The molecule has 168 valence electrons. The van der Waals surface area contributed by atoms with Crippen molar-refractivity contribution in [2.75, 3.05) is 32.7 Å². The Labute approximate surface area is 184 Å². The fourth-order valence-electron chi connectivity index (χ4n) is 3.72. The van der Waals surface area contributed by atoms with Crippen LogP contribution < -0.4 is 5.32 Å². The summed E-state index contributed by atoms with van der Waals surface area (Å²) in [5, 5.41) is 3.03. The van der Waals surface area contributed by atoms with Crippen LogP contribution in [-0.4, -0.2) is 56.3 Å². The summed E-state index contributed by atoms with van der Waals surface area (Å²) >= 11 is 0. The normalized spacial score (nSPS) is 17.1. The van der Waals surface area contributed by atoms with Crippen LogP contribution in [0, 0.1) is 5.82 Å². The summed E-state index contributed by atoms with van der Waals surface area (Å²) in [7, 11) is -3.68. The number of aryl methyl sites for hydroxylation is 1. The SMILES string of the molecule is CCc1ccc([C@@H](C)NC(=O)CN2CCCN(S(=O)(=O)c3ccc(F)cc3)CC2)cc1. The van der Waals surface area contributed by atoms with Gasteiger partial charge in [-0.3, -0.25) is 9.69 Å². The van der Waals surface area contributed by atoms with Crippen molar-refractivity contribution in [3.63, 3.8) is 0 Å². The van der Waals surface area contributed by atoms with Crippen LogP contribution in [0.3, 0.4) is 0 Å². The first kappa shape index (κ1) is 23.4. The predicted molar refractivity (Wildman–Crippen MR) is 119 cm³/mol. The molecule has 0 aliphatic carbocycles. The van der Waals surface area contributed by atoms with Gasteiger partial charge in [-0.25, -0.2) is 12.8 Å². The molecule has 1 aliphatic rings. The largest absolute Gasteiger partial charge is 0.348 e. The molecule has 0 radical (unpaired) electrons. The van der Waals surface area contributed by atoms with Gasteiger partial charge in [0.1, 0.15) is 5.82 Å². The lowest BCUT2D eigenvalue weighted by Gasteiger charge is -2.22. The number of carbonyl (C=O) groups excluding carboxylic acids is 1. The zero-order valence-electron chi connectivity index (χ0n) is 18.1. The molecule has 2 aromatic carbocycles. The second-order valence-electron chi connectivity index (χ2n) is 7.87. The van der Waals surface area contributed by atoms with E-state index in [1.807, 2.05) is 24.0 Å². The molecule has 0 spiro atoms. The lowest BCUT2D eigenvalue weighted by molar-refractivity contribution is -0.122. The van der Waals surface area contributed by atoms with Crippen molar-refractivity contribution in [2.24, 2.45) is 0 Å². The van der Waals surface area contributed by atoms with Gasteiger partial charge in [0.2, 0.25) is 15.9 Å². The highest BCUT2D eigenvalue weighted by Crippen LogP contribution is 2.18. The van der Waals surface area contributed by atoms with Gasteiger partial charge in [-0.2, -0.15) is 4.31 Å². The summed E-state index contributed by atoms with van der Waals surface area (Å²) in [5.74, 6) is -0.551. The molecule has 6 nitrogen and oxygen atoms in total. The Bertz CT molecular complexity index is 978. The van der Waals surface area contributed by atoms with E-state index in [9.17, 15) is 17.6 Å². The average molecular weight is 448 g/mol. The molecule has 8 heteroatoms. The summed E-state index contributed by atoms with van der Waals surface area (Å²) in [6.07, 6.45) is 1.60. The molecule has 1 aliphatic heterocycles. The van der Waals surface area contributed by atoms with Crippen LogP contribution in [0.25, 0.3) is 0 Å². The summed E-state index contributed by atoms with van der Waals surface area (Å²) in [4.78, 5) is 14.6. The number of hydrogen-bond acceptors (Lipinski definition) is 4. The Hall–Kier alpha value is -2.29. The van der Waals surface area contributed by atoms with Crippen molar-refractivity contribution in [2.45, 2.75) is 37.6 Å². The van der Waals surface area contributed by atoms with Crippen molar-refractivity contribution >= 4 is 15.9 Å². The molecular formula is C23H30FN3O3S. The lowest BCUT2D eigenvalue weighted by Crippen LogP contribution is -2.40. The highest BCUT2D eigenvalue weighted by Gasteiger charge is 2.27. The molecular weight excluding hydrogens is 417 g/mol. The first-order valence-corrected chi connectivity index (χ1v) is 12.1. The van der Waals surface area contributed by atoms with Crippen LogP contribution in [0.1, 0.15) is 37.4 Å². The van der Waals surface area contributed by atoms with E-state index in [1.165, 1.54) is 22.0 Å². The molecule has 2 aromatic rings. The van der Waals surface area contributed by atoms with Crippen LogP contribution in [0.5, 0.6) is 0 Å². The fourth-order valence-corrected chi connectivity index (χ4v) is 5.19. The highest BCUT2D eigenvalue weighted by molar-refractivity contribution is 7.89. The molecule has 1 fully saturated rings. The smallest absolute Gasteiger partial charge is 0.243 e. The number of rotatable bonds is 7. The first-order chi connectivity index (χ1) is 14.8. The summed E-state index contributed by atoms with van der Waals surface area (Å²) in [5.41, 5.74) is 2.31. The number of nitrogens with zero attached hydrogens (tertiary/aromatic N) is 2. The summed E-state index contributed by atoms with van der Waals surface area (Å²) in [6.45, 7) is 6.06. The van der Waals surface area contributed by atoms with E-state index in [2.05, 4.69) is 24.4 Å². The molecule has 0 aromatic heterocycles. The quantitative estimate of drug-likeness (QED) is 0.709. The first-order valence-electron chi connectivity index (χ1n) is 10.7. The Morgan fingerprint density at radius 3 is 2.35 bits per heavy atom. The second-order valence-corrected chi connectivity index (χ2v) is 9.81. The van der Waals surface area contributed by atoms with Crippen molar-refractivity contribution in [1.82, 2.24) is 14.5 Å². The molecule has 1 saturated heterocycles. The number of benzene rings is 2. The van der Waals surface area contributed by atoms with Crippen LogP contribution in [0.4, 0.5) is 4.39 Å². The molecule has 1 amide bonds. The second kappa shape index (κ2) is 10.3. The van der Waals surface area contributed by atoms with Gasteiger partial charge in [0, 0.05) is 19.6 Å². The summed E-state index contributed by atoms with van der Waals surface area (Å²) in [6, 6.07) is 13.0. The van der Waals surface area contributed by atoms with E-state index in [1.54, 1.807) is 0 Å². The van der Waals surface area contributed by atoms with Crippen LogP contribution in [0.2, 0.25) is 0 Å². The number of nitrogens with one attached hydrogen (secondary N) is 1. The zero-order chi connectivity index (χ0) is 22.4. The molecule has 0 bridgehead atoms. The third-order valence-corrected chi connectivity index (χ3v) is 7.54. The monoisotopic (exact) mass is 447 g/mol. The highest BCUT2D eigenvalue weighted by atomic mass is 32.2. The molecule has 0 unspecified atom stereocenters. The summed E-state index contributed by atoms with van der Waals surface area (Å²) < 4.78 is 40.2. The molecule has 1 N–H and O–H groups in total. The van der Waals surface area contributed by atoms with E-state index in [-0.39, 0.29) is 23.4 Å². The van der Waals surface area contributed by atoms with E-state index < -0.39 is 15.8 Å². The van der Waals surface area contributed by atoms with E-state index in [4.69, 9.17) is 0 Å². The minimum absolute atomic E-state index is 0.0816. The van der Waals surface area contributed by atoms with Gasteiger partial charge in [-0.1, -0.05) is 31.2 Å². The zero-order valence-corrected chi connectivity index (χ0v) is 18.9. The lowest BCUT2D eigenvalue weighted by atomic mass is 10.1. The number of halogens is 1. The van der Waals surface area contributed by atoms with E-state index in [0.717, 1.165) is 24.1 Å². The number of amides is 1. The van der Waals surface area contributed by atoms with Gasteiger partial charge < -0.3 is 5.32 Å². The Balaban J connectivity index is 1.54. The maximum absolute atomic E-state index is 13.1. The number of sulfonamides is 1. The van der Waals surface area contributed by atoms with Gasteiger partial charge in [-0.15, -0.1) is 0 Å². The standard InChI is InChI=1S/C23H30FN3O3S/c1-3-19-5-7-20(8-6-19)18(2)25-23(28)17-26-13-4-14-27(16-15-26)31(29,30)22-11-9-21(24)10-12-22/h5-12,18H,3-4,13-17H2,1-2H3,(H,25,28)/t18-/m1/s1. The van der Waals surface area contributed by atoms with Crippen LogP contribution in [-0.2, 0) is 21.2 Å². The van der Waals surface area contributed by atoms with Gasteiger partial charge >= 0.3 is 0 Å². The third-order valence-electron chi connectivity index (χ3n) is 5.63. The molecule has 1 atom stereocenters. The van der Waals surface area contributed by atoms with E-state index in [0.29, 0.717) is 32.6 Å². The topological polar surface area (TPSA) is 69.7 Å². The molecule has 3 rings (SSSR count). The van der Waals surface area contributed by atoms with Gasteiger partial charge in [0.15, 0.2) is 0 Å². The van der Waals surface area contributed by atoms with Crippen LogP contribution >= 0.6 is 0 Å². The van der Waals surface area contributed by atoms with Gasteiger partial charge in [0.05, 0.1) is 17.5 Å². The fraction of sp³-hybridized carbons (Fsp3) is 0.435. The number of hydrogen-bond donors (Lipinski definition) is 1. The van der Waals surface area contributed by atoms with Crippen molar-refractivity contribution in [3.05, 3.63) is 65.5 Å². The predicted octanol–water partition coefficient (Wildman–Crippen LogP) is 2.96. The molecule has 1 heterocycles. The number of carbonyl (C=O) groups is 1. The molecule has 31 heavy (non-hydrogen) atoms. The van der Waals surface area contributed by atoms with Crippen LogP contribution in [0.15, 0.2) is 53.4 Å². The molecule has 0 saturated carbocycles. The average Bonchev–Trinajstić information content (AvgIpc) is 3.00. The van der Waals surface area contributed by atoms with Crippen molar-refractivity contribution < 1.29 is 17.6 Å². The Morgan fingerprint density at radius 2 is 1.71 bits per heavy atom.